The second kappa shape index (κ2) is 9.68. The molecule has 2 heterocycles. The number of fused-ring (bicyclic) bond motifs is 1. The smallest absolute Gasteiger partial charge is 0.382 e. The van der Waals surface area contributed by atoms with Crippen LogP contribution in [0.2, 0.25) is 0 Å². The molecule has 172 valence electrons. The normalized spacial score (nSPS) is 18.1. The highest BCUT2D eigenvalue weighted by Gasteiger charge is 2.41. The van der Waals surface area contributed by atoms with Crippen molar-refractivity contribution in [2.45, 2.75) is 12.3 Å². The maximum Gasteiger partial charge on any atom is 0.490 e. The molecule has 2 aromatic rings. The summed E-state index contributed by atoms with van der Waals surface area (Å²) < 4.78 is 51.0. The van der Waals surface area contributed by atoms with Gasteiger partial charge in [0.2, 0.25) is 0 Å². The third-order valence-electron chi connectivity index (χ3n) is 3.06. The molecule has 0 aliphatic rings. The van der Waals surface area contributed by atoms with Gasteiger partial charge in [0.15, 0.2) is 30.3 Å². The zero-order valence-corrected chi connectivity index (χ0v) is 17.5. The molecule has 6 N–H and O–H groups in total. The Morgan fingerprint density at radius 2 is 1.71 bits per heavy atom. The highest BCUT2D eigenvalue weighted by molar-refractivity contribution is 7.66. The van der Waals surface area contributed by atoms with Crippen LogP contribution in [0.15, 0.2) is 12.7 Å². The number of nitrogens with zero attached hydrogens (tertiary/aromatic N) is 4. The number of aromatic nitrogens is 4. The van der Waals surface area contributed by atoms with Crippen molar-refractivity contribution in [1.29, 1.82) is 0 Å². The van der Waals surface area contributed by atoms with Gasteiger partial charge in [-0.25, -0.2) is 28.6 Å². The van der Waals surface area contributed by atoms with Gasteiger partial charge in [0.1, 0.15) is 17.9 Å². The van der Waals surface area contributed by atoms with E-state index in [-0.39, 0.29) is 29.6 Å². The molecule has 4 unspecified atom stereocenters. The van der Waals surface area contributed by atoms with Gasteiger partial charge < -0.3 is 34.8 Å². The number of imidazole rings is 1. The molecule has 0 bridgehead atoms. The quantitative estimate of drug-likeness (QED) is 0.171. The minimum Gasteiger partial charge on any atom is -0.382 e. The van der Waals surface area contributed by atoms with Crippen molar-refractivity contribution < 1.29 is 60.7 Å². The summed E-state index contributed by atoms with van der Waals surface area (Å²) in [5.41, 5.74) is 5.79. The number of ether oxygens (including phenoxy) is 1. The number of hydrogen-bond acceptors (Lipinski definition) is 13. The number of phosphoric ester groups is 1. The van der Waals surface area contributed by atoms with Crippen LogP contribution in [0.25, 0.3) is 11.2 Å². The predicted molar refractivity (Wildman–Crippen MR) is 95.6 cm³/mol. The van der Waals surface area contributed by atoms with Crippen molar-refractivity contribution in [1.82, 2.24) is 19.5 Å². The number of hydrogen-bond donors (Lipinski definition) is 5. The Bertz CT molecular complexity index is 1100. The zero-order chi connectivity index (χ0) is 23.4. The van der Waals surface area contributed by atoms with Crippen LogP contribution in [0.1, 0.15) is 6.23 Å². The van der Waals surface area contributed by atoms with Gasteiger partial charge in [0.05, 0.1) is 12.9 Å². The molecule has 0 amide bonds. The summed E-state index contributed by atoms with van der Waals surface area (Å²) >= 11 is 0. The molecule has 4 atom stereocenters. The van der Waals surface area contributed by atoms with E-state index in [0.29, 0.717) is 0 Å². The number of aldehydes is 2. The second-order valence-electron chi connectivity index (χ2n) is 5.31. The van der Waals surface area contributed by atoms with Gasteiger partial charge in [-0.05, 0) is 0 Å². The summed E-state index contributed by atoms with van der Waals surface area (Å²) in [6.45, 7) is -1.10. The summed E-state index contributed by atoms with van der Waals surface area (Å²) in [5, 5.41) is 0. The minimum atomic E-state index is -5.73. The van der Waals surface area contributed by atoms with Crippen LogP contribution < -0.4 is 5.73 Å². The number of phosphoric acid groups is 3. The Kier molecular flexibility index (Phi) is 7.91. The van der Waals surface area contributed by atoms with Crippen LogP contribution in [0, 0.1) is 0 Å². The summed E-state index contributed by atoms with van der Waals surface area (Å²) in [6.07, 6.45) is -0.802. The lowest BCUT2D eigenvalue weighted by molar-refractivity contribution is -0.139. The molecule has 31 heavy (non-hydrogen) atoms. The van der Waals surface area contributed by atoms with E-state index in [4.69, 9.17) is 25.2 Å². The maximum absolute atomic E-state index is 11.7. The van der Waals surface area contributed by atoms with Crippen LogP contribution in [0.5, 0.6) is 0 Å². The van der Waals surface area contributed by atoms with Gasteiger partial charge in [-0.2, -0.15) is 8.62 Å². The standard InChI is InChI=1S/C10H14N5O13P3/c11-9-8-10(13-4-12-9)15(5-14-8)7(2-17)26-6(1-16)3-25-30(21,22)28-31(23,24)27-29(18,19)20/h1-2,4-7H,3H2,(H,21,22)(H,23,24)(H2,11,12,13)(H2,18,19,20). The monoisotopic (exact) mass is 505 g/mol. The molecular weight excluding hydrogens is 491 g/mol. The molecule has 0 aliphatic carbocycles. The van der Waals surface area contributed by atoms with E-state index in [1.807, 2.05) is 0 Å². The van der Waals surface area contributed by atoms with Crippen LogP contribution >= 0.6 is 23.5 Å². The molecule has 0 saturated heterocycles. The van der Waals surface area contributed by atoms with E-state index in [1.54, 1.807) is 0 Å². The fourth-order valence-electron chi connectivity index (χ4n) is 1.98. The summed E-state index contributed by atoms with van der Waals surface area (Å²) in [6, 6.07) is 0. The van der Waals surface area contributed by atoms with Gasteiger partial charge >= 0.3 is 23.5 Å². The number of rotatable bonds is 12. The van der Waals surface area contributed by atoms with Crippen LogP contribution in [0.3, 0.4) is 0 Å². The summed E-state index contributed by atoms with van der Waals surface area (Å²) in [4.78, 5) is 69.4. The third kappa shape index (κ3) is 7.31. The van der Waals surface area contributed by atoms with Gasteiger partial charge in [-0.1, -0.05) is 0 Å². The summed E-state index contributed by atoms with van der Waals surface area (Å²) in [7, 11) is -16.8. The van der Waals surface area contributed by atoms with Gasteiger partial charge in [0, 0.05) is 0 Å². The van der Waals surface area contributed by atoms with Crippen LogP contribution in [0.4, 0.5) is 5.82 Å². The third-order valence-corrected chi connectivity index (χ3v) is 6.86. The van der Waals surface area contributed by atoms with E-state index in [1.165, 1.54) is 0 Å². The van der Waals surface area contributed by atoms with Gasteiger partial charge in [-0.15, -0.1) is 0 Å². The number of carbonyl (C=O) groups is 2. The Balaban J connectivity index is 2.08. The first-order chi connectivity index (χ1) is 14.3. The first-order valence-electron chi connectivity index (χ1n) is 7.54. The molecule has 2 rings (SSSR count). The molecule has 0 saturated carbocycles. The highest BCUT2D eigenvalue weighted by atomic mass is 31.3. The van der Waals surface area contributed by atoms with E-state index >= 15 is 0 Å². The van der Waals surface area contributed by atoms with Crippen molar-refractivity contribution in [3.05, 3.63) is 12.7 Å². The van der Waals surface area contributed by atoms with Crippen LogP contribution in [-0.2, 0) is 41.2 Å². The lowest BCUT2D eigenvalue weighted by atomic mass is 10.4. The lowest BCUT2D eigenvalue weighted by Crippen LogP contribution is -2.27. The van der Waals surface area contributed by atoms with Crippen molar-refractivity contribution in [3.8, 4) is 0 Å². The van der Waals surface area contributed by atoms with E-state index < -0.39 is 42.4 Å². The highest BCUT2D eigenvalue weighted by Crippen LogP contribution is 2.66. The largest absolute Gasteiger partial charge is 0.490 e. The predicted octanol–water partition coefficient (Wildman–Crippen LogP) is -0.967. The van der Waals surface area contributed by atoms with Crippen LogP contribution in [-0.4, -0.2) is 64.4 Å². The average Bonchev–Trinajstić information content (AvgIpc) is 3.04. The topological polar surface area (TPSA) is 273 Å². The molecule has 0 radical (unpaired) electrons. The molecule has 0 aliphatic heterocycles. The minimum absolute atomic E-state index is 0.00649. The molecular formula is C10H14N5O13P3. The molecule has 21 heteroatoms. The Morgan fingerprint density at radius 1 is 1.03 bits per heavy atom. The molecule has 0 aromatic carbocycles. The number of anilines is 1. The second-order valence-corrected chi connectivity index (χ2v) is 9.73. The number of nitrogen functional groups attached to an aromatic ring is 1. The fourth-order valence-corrected chi connectivity index (χ4v) is 5.01. The number of nitrogens with two attached hydrogens (primary N) is 1. The Labute approximate surface area is 171 Å². The molecule has 0 spiro atoms. The maximum atomic E-state index is 11.7. The van der Waals surface area contributed by atoms with E-state index in [9.17, 15) is 28.2 Å². The van der Waals surface area contributed by atoms with Gasteiger partial charge in [0.25, 0.3) is 0 Å². The average molecular weight is 505 g/mol. The van der Waals surface area contributed by atoms with Crippen molar-refractivity contribution in [2.24, 2.45) is 0 Å². The lowest BCUT2D eigenvalue weighted by Gasteiger charge is -2.20. The number of carbonyl (C=O) groups excluding carboxylic acids is 2. The SMILES string of the molecule is Nc1ncnc2c1ncn2C(C=O)OC(C=O)COP(=O)(O)OP(=O)(O)OP(=O)(O)O. The van der Waals surface area contributed by atoms with Gasteiger partial charge in [-0.3, -0.25) is 13.9 Å². The molecule has 18 nitrogen and oxygen atoms in total. The van der Waals surface area contributed by atoms with Crippen molar-refractivity contribution >= 4 is 53.0 Å². The zero-order valence-electron chi connectivity index (χ0n) is 14.8. The Morgan fingerprint density at radius 3 is 2.29 bits per heavy atom. The van der Waals surface area contributed by atoms with E-state index in [0.717, 1.165) is 17.2 Å². The van der Waals surface area contributed by atoms with Crippen molar-refractivity contribution in [2.75, 3.05) is 12.3 Å². The first kappa shape index (κ1) is 25.3. The molecule has 0 fully saturated rings. The molecule has 2 aromatic heterocycles. The fraction of sp³-hybridized carbons (Fsp3) is 0.300. The van der Waals surface area contributed by atoms with E-state index in [2.05, 4.69) is 28.1 Å². The first-order valence-corrected chi connectivity index (χ1v) is 12.1. The Hall–Kier alpha value is -1.94. The van der Waals surface area contributed by atoms with Crippen molar-refractivity contribution in [3.63, 3.8) is 0 Å². The summed E-state index contributed by atoms with van der Waals surface area (Å²) in [5.74, 6) is -0.00649.